The molecule has 2 aliphatic heterocycles. The summed E-state index contributed by atoms with van der Waals surface area (Å²) >= 11 is 4.93. The fourth-order valence-corrected chi connectivity index (χ4v) is 10.6. The third-order valence-corrected chi connectivity index (χ3v) is 14.7. The smallest absolute Gasteiger partial charge is 0.262 e. The molecule has 1 aromatic carbocycles. The summed E-state index contributed by atoms with van der Waals surface area (Å²) < 4.78 is 46.7. The van der Waals surface area contributed by atoms with Crippen LogP contribution in [-0.2, 0) is 24.4 Å². The van der Waals surface area contributed by atoms with Crippen LogP contribution in [0, 0.1) is 18.3 Å². The third-order valence-electron chi connectivity index (χ3n) is 11.1. The lowest BCUT2D eigenvalue weighted by Crippen LogP contribution is -2.52. The predicted molar refractivity (Wildman–Crippen MR) is 214 cm³/mol. The fraction of sp³-hybridized carbons (Fsp3) is 0.525. The monoisotopic (exact) mass is 870 g/mol. The number of allylic oxidation sites excluding steroid dienone is 2. The van der Waals surface area contributed by atoms with Crippen molar-refractivity contribution < 1.29 is 41.8 Å². The summed E-state index contributed by atoms with van der Waals surface area (Å²) in [5, 5.41) is 3.02. The van der Waals surface area contributed by atoms with Crippen molar-refractivity contribution >= 4 is 71.7 Å². The first-order valence-corrected chi connectivity index (χ1v) is 22.4. The Balaban J connectivity index is 1.22. The lowest BCUT2D eigenvalue weighted by Gasteiger charge is -2.29. The largest absolute Gasteiger partial charge is 0.495 e. The average molecular weight is 872 g/mol. The highest BCUT2D eigenvalue weighted by Crippen LogP contribution is 2.57. The minimum Gasteiger partial charge on any atom is -0.495 e. The molecule has 3 fully saturated rings. The average Bonchev–Trinajstić information content (AvgIpc) is 4.05. The van der Waals surface area contributed by atoms with Gasteiger partial charge in [0.05, 0.1) is 51.8 Å². The minimum absolute atomic E-state index is 0.0312. The van der Waals surface area contributed by atoms with Crippen LogP contribution in [0.2, 0.25) is 0 Å². The zero-order valence-electron chi connectivity index (χ0n) is 31.7. The van der Waals surface area contributed by atoms with Crippen molar-refractivity contribution in [1.82, 2.24) is 19.9 Å². The second-order valence-electron chi connectivity index (χ2n) is 15.1. The molecule has 2 saturated carbocycles. The van der Waals surface area contributed by atoms with Gasteiger partial charge in [-0.15, -0.1) is 11.3 Å². The van der Waals surface area contributed by atoms with Crippen LogP contribution in [0.5, 0.6) is 17.4 Å². The number of methoxy groups -OCH3 is 1. The number of aromatic nitrogens is 1. The molecular formula is C40H47BrN4O9S2. The first kappa shape index (κ1) is 40.2. The molecule has 300 valence electrons. The Labute approximate surface area is 339 Å². The molecule has 3 amide bonds. The Morgan fingerprint density at radius 2 is 1.89 bits per heavy atom. The van der Waals surface area contributed by atoms with Crippen LogP contribution < -0.4 is 24.2 Å². The molecule has 0 bridgehead atoms. The van der Waals surface area contributed by atoms with Crippen LogP contribution >= 0.6 is 27.3 Å². The molecule has 16 heteroatoms. The number of benzene rings is 1. The molecule has 0 spiro atoms. The van der Waals surface area contributed by atoms with Gasteiger partial charge in [0.25, 0.3) is 5.91 Å². The Hall–Kier alpha value is -4.02. The summed E-state index contributed by atoms with van der Waals surface area (Å²) in [7, 11) is -2.30. The number of carbonyl (C=O) groups is 4. The Morgan fingerprint density at radius 1 is 1.09 bits per heavy atom. The Morgan fingerprint density at radius 3 is 2.61 bits per heavy atom. The van der Waals surface area contributed by atoms with Gasteiger partial charge in [0.1, 0.15) is 23.6 Å². The van der Waals surface area contributed by atoms with Crippen molar-refractivity contribution in [2.24, 2.45) is 11.3 Å². The predicted octanol–water partition coefficient (Wildman–Crippen LogP) is 6.02. The lowest BCUT2D eigenvalue weighted by molar-refractivity contribution is -0.140. The van der Waals surface area contributed by atoms with Gasteiger partial charge < -0.3 is 24.4 Å². The van der Waals surface area contributed by atoms with E-state index in [4.69, 9.17) is 14.2 Å². The van der Waals surface area contributed by atoms with Crippen LogP contribution in [0.25, 0.3) is 10.9 Å². The van der Waals surface area contributed by atoms with E-state index >= 15 is 0 Å². The summed E-state index contributed by atoms with van der Waals surface area (Å²) in [5.74, 6) is -0.820. The number of nitrogens with zero attached hydrogens (tertiary/aromatic N) is 2. The molecular weight excluding hydrogens is 824 g/mol. The number of fused-ring (bicyclic) bond motifs is 3. The number of aryl methyl sites for hydroxylation is 1. The van der Waals surface area contributed by atoms with Crippen molar-refractivity contribution in [3.63, 3.8) is 0 Å². The summed E-state index contributed by atoms with van der Waals surface area (Å²) in [5.41, 5.74) is -0.716. The molecule has 2 aromatic heterocycles. The number of sulfonamides is 1. The summed E-state index contributed by atoms with van der Waals surface area (Å²) in [6, 6.07) is 6.95. The van der Waals surface area contributed by atoms with Gasteiger partial charge in [-0.05, 0) is 98.5 Å². The molecule has 5 atom stereocenters. The molecule has 1 saturated heterocycles. The van der Waals surface area contributed by atoms with Gasteiger partial charge in [-0.25, -0.2) is 13.4 Å². The van der Waals surface area contributed by atoms with Crippen molar-refractivity contribution in [1.29, 1.82) is 0 Å². The zero-order valence-corrected chi connectivity index (χ0v) is 34.9. The van der Waals surface area contributed by atoms with Crippen molar-refractivity contribution in [3.05, 3.63) is 56.7 Å². The van der Waals surface area contributed by atoms with Gasteiger partial charge in [0.15, 0.2) is 5.78 Å². The van der Waals surface area contributed by atoms with Crippen LogP contribution in [0.15, 0.2) is 47.0 Å². The molecule has 2 N–H and O–H groups in total. The Bertz CT molecular complexity index is 2170. The number of amides is 3. The molecule has 0 unspecified atom stereocenters. The number of pyridine rings is 1. The van der Waals surface area contributed by atoms with Gasteiger partial charge in [0, 0.05) is 29.2 Å². The van der Waals surface area contributed by atoms with E-state index in [1.165, 1.54) is 16.2 Å². The number of rotatable bonds is 10. The maximum absolute atomic E-state index is 14.7. The molecule has 4 aliphatic rings. The highest BCUT2D eigenvalue weighted by atomic mass is 79.9. The number of ketones is 1. The number of carbonyl (C=O) groups excluding carboxylic acids is 4. The number of ether oxygens (including phenoxy) is 3. The van der Waals surface area contributed by atoms with E-state index in [0.717, 1.165) is 24.1 Å². The van der Waals surface area contributed by atoms with E-state index in [1.807, 2.05) is 38.1 Å². The SMILES string of the molecule is CCOc1cc(O[C@@H]2C[C@H]3C(=O)C[C@]4(C(=O)NS(=O)(=O)C5CC5)C[C@H]4/C=C\CCCCC[C@H](NC(=O)c4ccc(C)s4)C(=O)N3C2)c2ccc(OC)c(Br)c2n1. The fourth-order valence-electron chi connectivity index (χ4n) is 7.82. The number of Topliss-reactive ketones (excluding diaryl/α,β-unsaturated/α-hetero) is 1. The third kappa shape index (κ3) is 8.47. The standard InChI is InChI=1S/C40H47BrN4O9S2/c1-4-53-34-19-32(27-15-16-31(52-3)35(41)36(27)43-34)54-25-18-29-30(46)21-40(39(49)44-56(50,51)26-13-14-26)20-24(40)10-8-6-5-7-9-11-28(38(48)45(29)22-25)42-37(47)33-17-12-23(2)55-33/h8,10,12,15-17,19,24-26,28-29H,4-7,9,11,13-14,18,20-22H2,1-3H3,(H,42,47)(H,44,49)/b10-8-/t24-,25-,28+,29+,40-/m1/s1. The first-order chi connectivity index (χ1) is 26.8. The van der Waals surface area contributed by atoms with E-state index in [2.05, 4.69) is 31.0 Å². The van der Waals surface area contributed by atoms with E-state index < -0.39 is 50.7 Å². The summed E-state index contributed by atoms with van der Waals surface area (Å²) in [6.07, 6.45) is 7.82. The van der Waals surface area contributed by atoms with Crippen LogP contribution in [0.4, 0.5) is 0 Å². The molecule has 4 heterocycles. The van der Waals surface area contributed by atoms with Gasteiger partial charge in [-0.2, -0.15) is 0 Å². The number of halogens is 1. The van der Waals surface area contributed by atoms with Crippen LogP contribution in [0.1, 0.15) is 85.7 Å². The first-order valence-electron chi connectivity index (χ1n) is 19.2. The normalized spacial score (nSPS) is 26.3. The number of nitrogens with one attached hydrogen (secondary N) is 2. The highest BCUT2D eigenvalue weighted by molar-refractivity contribution is 9.10. The van der Waals surface area contributed by atoms with Gasteiger partial charge >= 0.3 is 0 Å². The maximum Gasteiger partial charge on any atom is 0.262 e. The summed E-state index contributed by atoms with van der Waals surface area (Å²) in [6.45, 7) is 4.13. The molecule has 0 radical (unpaired) electrons. The molecule has 7 rings (SSSR count). The summed E-state index contributed by atoms with van der Waals surface area (Å²) in [4.78, 5) is 64.2. The Kier molecular flexibility index (Phi) is 11.8. The number of hydrogen-bond donors (Lipinski definition) is 2. The van der Waals surface area contributed by atoms with E-state index in [0.29, 0.717) is 76.3 Å². The van der Waals surface area contributed by atoms with Crippen molar-refractivity contribution in [3.8, 4) is 17.4 Å². The highest BCUT2D eigenvalue weighted by Gasteiger charge is 2.61. The van der Waals surface area contributed by atoms with Crippen LogP contribution in [0.3, 0.4) is 0 Å². The number of hydrogen-bond acceptors (Lipinski definition) is 11. The van der Waals surface area contributed by atoms with Gasteiger partial charge in [0.2, 0.25) is 27.7 Å². The van der Waals surface area contributed by atoms with Gasteiger partial charge in [-0.3, -0.25) is 23.9 Å². The topological polar surface area (TPSA) is 170 Å². The van der Waals surface area contributed by atoms with E-state index in [1.54, 1.807) is 25.3 Å². The van der Waals surface area contributed by atoms with Crippen molar-refractivity contribution in [2.75, 3.05) is 20.3 Å². The van der Waals surface area contributed by atoms with Crippen molar-refractivity contribution in [2.45, 2.75) is 101 Å². The quantitative estimate of drug-likeness (QED) is 0.230. The number of thiophene rings is 1. The minimum atomic E-state index is -3.86. The molecule has 13 nitrogen and oxygen atoms in total. The van der Waals surface area contributed by atoms with Gasteiger partial charge in [-0.1, -0.05) is 25.0 Å². The zero-order chi connectivity index (χ0) is 39.8. The molecule has 3 aromatic rings. The van der Waals surface area contributed by atoms with Crippen LogP contribution in [-0.4, -0.2) is 85.5 Å². The molecule has 2 aliphatic carbocycles. The second kappa shape index (κ2) is 16.5. The van der Waals surface area contributed by atoms with E-state index in [9.17, 15) is 27.6 Å². The second-order valence-corrected chi connectivity index (χ2v) is 19.2. The van der Waals surface area contributed by atoms with E-state index in [-0.39, 0.29) is 37.0 Å². The molecule has 56 heavy (non-hydrogen) atoms. The lowest BCUT2D eigenvalue weighted by atomic mass is 9.91. The maximum atomic E-state index is 14.7.